The molecule has 2 aromatic heterocycles. The second-order valence-corrected chi connectivity index (χ2v) is 6.81. The van der Waals surface area contributed by atoms with Gasteiger partial charge in [0.25, 0.3) is 0 Å². The van der Waals surface area contributed by atoms with Crippen molar-refractivity contribution >= 4 is 11.3 Å². The second-order valence-electron chi connectivity index (χ2n) is 5.83. The molecule has 1 aliphatic carbocycles. The smallest absolute Gasteiger partial charge is 0.141 e. The van der Waals surface area contributed by atoms with Crippen LogP contribution in [0, 0.1) is 11.7 Å². The van der Waals surface area contributed by atoms with E-state index in [1.165, 1.54) is 42.8 Å². The summed E-state index contributed by atoms with van der Waals surface area (Å²) >= 11 is 1.81. The maximum atomic E-state index is 13.0. The topological polar surface area (TPSA) is 24.9 Å². The van der Waals surface area contributed by atoms with E-state index >= 15 is 0 Å². The van der Waals surface area contributed by atoms with Crippen LogP contribution in [0.2, 0.25) is 0 Å². The molecule has 2 atom stereocenters. The zero-order chi connectivity index (χ0) is 14.7. The van der Waals surface area contributed by atoms with E-state index in [9.17, 15) is 4.39 Å². The largest absolute Gasteiger partial charge is 0.301 e. The van der Waals surface area contributed by atoms with Gasteiger partial charge in [-0.15, -0.1) is 11.3 Å². The maximum absolute atomic E-state index is 13.0. The Balaban J connectivity index is 1.76. The highest BCUT2D eigenvalue weighted by Crippen LogP contribution is 2.38. The van der Waals surface area contributed by atoms with Crippen molar-refractivity contribution < 1.29 is 4.39 Å². The third-order valence-corrected chi connectivity index (χ3v) is 5.30. The maximum Gasteiger partial charge on any atom is 0.141 e. The fourth-order valence-electron chi connectivity index (χ4n) is 3.21. The van der Waals surface area contributed by atoms with Crippen LogP contribution >= 0.6 is 11.3 Å². The van der Waals surface area contributed by atoms with E-state index in [0.29, 0.717) is 12.0 Å². The molecule has 2 aromatic rings. The van der Waals surface area contributed by atoms with Gasteiger partial charge in [0.1, 0.15) is 5.82 Å². The lowest BCUT2D eigenvalue weighted by molar-refractivity contribution is 0.340. The van der Waals surface area contributed by atoms with Gasteiger partial charge in [0.15, 0.2) is 0 Å². The van der Waals surface area contributed by atoms with Gasteiger partial charge in [-0.05, 0) is 49.3 Å². The number of thiophene rings is 1. The van der Waals surface area contributed by atoms with Crippen LogP contribution in [0.15, 0.2) is 35.8 Å². The molecule has 1 fully saturated rings. The van der Waals surface area contributed by atoms with Crippen molar-refractivity contribution in [3.8, 4) is 0 Å². The van der Waals surface area contributed by atoms with Crippen molar-refractivity contribution in [1.29, 1.82) is 0 Å². The molecule has 0 bridgehead atoms. The van der Waals surface area contributed by atoms with Crippen LogP contribution in [-0.4, -0.2) is 4.98 Å². The molecular weight excluding hydrogens is 283 g/mol. The molecule has 21 heavy (non-hydrogen) atoms. The van der Waals surface area contributed by atoms with Gasteiger partial charge in [0.2, 0.25) is 0 Å². The van der Waals surface area contributed by atoms with Crippen LogP contribution < -0.4 is 5.32 Å². The lowest BCUT2D eigenvalue weighted by atomic mass is 9.95. The predicted molar refractivity (Wildman–Crippen MR) is 84.8 cm³/mol. The summed E-state index contributed by atoms with van der Waals surface area (Å²) in [5.74, 6) is 0.420. The first-order valence-corrected chi connectivity index (χ1v) is 8.53. The molecule has 4 heteroatoms. The number of hydrogen-bond donors (Lipinski definition) is 1. The first-order chi connectivity index (χ1) is 10.2. The van der Waals surface area contributed by atoms with Crippen LogP contribution in [0.4, 0.5) is 4.39 Å². The monoisotopic (exact) mass is 304 g/mol. The lowest BCUT2D eigenvalue weighted by Crippen LogP contribution is -2.29. The van der Waals surface area contributed by atoms with Crippen LogP contribution in [0.3, 0.4) is 0 Å². The second kappa shape index (κ2) is 6.67. The Labute approximate surface area is 129 Å². The molecular formula is C17H21FN2S. The number of nitrogens with one attached hydrogen (secondary N) is 1. The average Bonchev–Trinajstić information content (AvgIpc) is 3.19. The number of hydrogen-bond acceptors (Lipinski definition) is 3. The van der Waals surface area contributed by atoms with Crippen molar-refractivity contribution in [3.05, 3.63) is 52.2 Å². The molecule has 0 amide bonds. The van der Waals surface area contributed by atoms with Crippen molar-refractivity contribution in [1.82, 2.24) is 10.3 Å². The van der Waals surface area contributed by atoms with Gasteiger partial charge in [-0.2, -0.15) is 0 Å². The van der Waals surface area contributed by atoms with Gasteiger partial charge in [-0.25, -0.2) is 4.39 Å². The van der Waals surface area contributed by atoms with Crippen molar-refractivity contribution in [2.45, 2.75) is 44.7 Å². The Morgan fingerprint density at radius 1 is 1.29 bits per heavy atom. The fourth-order valence-corrected chi connectivity index (χ4v) is 4.09. The highest BCUT2D eigenvalue weighted by atomic mass is 32.1. The number of pyridine rings is 1. The van der Waals surface area contributed by atoms with Crippen molar-refractivity contribution in [2.24, 2.45) is 5.92 Å². The molecule has 0 spiro atoms. The van der Waals surface area contributed by atoms with E-state index in [2.05, 4.69) is 34.7 Å². The van der Waals surface area contributed by atoms with Gasteiger partial charge in [0, 0.05) is 17.0 Å². The summed E-state index contributed by atoms with van der Waals surface area (Å²) in [7, 11) is 0. The van der Waals surface area contributed by atoms with E-state index in [1.807, 2.05) is 11.3 Å². The molecule has 0 saturated heterocycles. The minimum Gasteiger partial charge on any atom is -0.301 e. The van der Waals surface area contributed by atoms with Gasteiger partial charge in [-0.1, -0.05) is 18.9 Å². The molecule has 2 heterocycles. The number of rotatable bonds is 5. The molecule has 1 N–H and O–H groups in total. The van der Waals surface area contributed by atoms with E-state index in [-0.39, 0.29) is 11.9 Å². The zero-order valence-electron chi connectivity index (χ0n) is 12.3. The van der Waals surface area contributed by atoms with Gasteiger partial charge in [-0.3, -0.25) is 4.98 Å². The average molecular weight is 304 g/mol. The van der Waals surface area contributed by atoms with E-state index in [1.54, 1.807) is 6.07 Å². The number of halogens is 1. The molecule has 3 rings (SSSR count). The van der Waals surface area contributed by atoms with Crippen molar-refractivity contribution in [2.75, 3.05) is 0 Å². The minimum atomic E-state index is -0.281. The number of aromatic nitrogens is 1. The predicted octanol–water partition coefficient (Wildman–Crippen LogP) is 4.86. The molecule has 0 aromatic carbocycles. The molecule has 112 valence electrons. The Kier molecular flexibility index (Phi) is 4.66. The van der Waals surface area contributed by atoms with Gasteiger partial charge in [0.05, 0.1) is 11.9 Å². The van der Waals surface area contributed by atoms with Crippen molar-refractivity contribution in [3.63, 3.8) is 0 Å². The van der Waals surface area contributed by atoms with E-state index in [4.69, 9.17) is 0 Å². The summed E-state index contributed by atoms with van der Waals surface area (Å²) in [4.78, 5) is 5.60. The first kappa shape index (κ1) is 14.7. The summed E-state index contributed by atoms with van der Waals surface area (Å²) in [5, 5.41) is 5.86. The lowest BCUT2D eigenvalue weighted by Gasteiger charge is -2.27. The number of nitrogens with zero attached hydrogens (tertiary/aromatic N) is 1. The Morgan fingerprint density at radius 2 is 2.10 bits per heavy atom. The normalized spacial score (nSPS) is 18.8. The molecule has 2 nitrogen and oxygen atoms in total. The van der Waals surface area contributed by atoms with Gasteiger partial charge < -0.3 is 5.32 Å². The zero-order valence-corrected chi connectivity index (χ0v) is 13.1. The highest BCUT2D eigenvalue weighted by molar-refractivity contribution is 7.10. The SMILES string of the molecule is CC(NC(c1cccs1)C1CCCC1)c1ccc(F)cn1. The molecule has 0 aliphatic heterocycles. The first-order valence-electron chi connectivity index (χ1n) is 7.65. The van der Waals surface area contributed by atoms with E-state index < -0.39 is 0 Å². The third kappa shape index (κ3) is 3.50. The Hall–Kier alpha value is -1.26. The van der Waals surface area contributed by atoms with Gasteiger partial charge >= 0.3 is 0 Å². The Bertz CT molecular complexity index is 547. The third-order valence-electron chi connectivity index (χ3n) is 4.34. The molecule has 0 radical (unpaired) electrons. The summed E-state index contributed by atoms with van der Waals surface area (Å²) in [6.45, 7) is 2.11. The standard InChI is InChI=1S/C17H21FN2S/c1-12(15-9-8-14(18)11-19-15)20-17(13-5-2-3-6-13)16-7-4-10-21-16/h4,7-13,17,20H,2-3,5-6H2,1H3. The van der Waals surface area contributed by atoms with Crippen LogP contribution in [0.5, 0.6) is 0 Å². The quantitative estimate of drug-likeness (QED) is 0.853. The van der Waals surface area contributed by atoms with E-state index in [0.717, 1.165) is 5.69 Å². The molecule has 1 aliphatic rings. The minimum absolute atomic E-state index is 0.123. The summed E-state index contributed by atoms with van der Waals surface area (Å²) in [6.07, 6.45) is 6.54. The van der Waals surface area contributed by atoms with Crippen LogP contribution in [0.25, 0.3) is 0 Å². The highest BCUT2D eigenvalue weighted by Gasteiger charge is 2.28. The summed E-state index contributed by atoms with van der Waals surface area (Å²) in [5.41, 5.74) is 0.899. The Morgan fingerprint density at radius 3 is 2.71 bits per heavy atom. The molecule has 2 unspecified atom stereocenters. The summed E-state index contributed by atoms with van der Waals surface area (Å²) < 4.78 is 13.0. The molecule has 1 saturated carbocycles. The summed E-state index contributed by atoms with van der Waals surface area (Å²) in [6, 6.07) is 8.09. The fraction of sp³-hybridized carbons (Fsp3) is 0.471. The van der Waals surface area contributed by atoms with Crippen LogP contribution in [0.1, 0.15) is 55.3 Å². The van der Waals surface area contributed by atoms with Crippen LogP contribution in [-0.2, 0) is 0 Å².